The molecule has 0 aromatic heterocycles. The fourth-order valence-corrected chi connectivity index (χ4v) is 1.57. The minimum Gasteiger partial charge on any atom is -0.453 e. The van der Waals surface area contributed by atoms with Crippen molar-refractivity contribution in [2.45, 2.75) is 19.3 Å². The van der Waals surface area contributed by atoms with Crippen LogP contribution in [0.4, 0.5) is 4.79 Å². The van der Waals surface area contributed by atoms with E-state index in [0.717, 1.165) is 11.1 Å². The molecule has 0 fully saturated rings. The second-order valence-corrected chi connectivity index (χ2v) is 3.70. The second-order valence-electron chi connectivity index (χ2n) is 3.43. The summed E-state index contributed by atoms with van der Waals surface area (Å²) in [6, 6.07) is 7.88. The maximum Gasteiger partial charge on any atom is 0.409 e. The van der Waals surface area contributed by atoms with Gasteiger partial charge in [0.1, 0.15) is 0 Å². The lowest BCUT2D eigenvalue weighted by molar-refractivity contribution is 0.123. The number of carbonyl (C=O) groups is 1. The molecular formula is C12H16ClNO2. The third kappa shape index (κ3) is 3.42. The van der Waals surface area contributed by atoms with Crippen molar-refractivity contribution >= 4 is 17.7 Å². The molecule has 88 valence electrons. The molecule has 0 aliphatic rings. The first kappa shape index (κ1) is 12.8. The Labute approximate surface area is 101 Å². The van der Waals surface area contributed by atoms with E-state index in [9.17, 15) is 4.79 Å². The molecular weight excluding hydrogens is 226 g/mol. The summed E-state index contributed by atoms with van der Waals surface area (Å²) in [4.78, 5) is 13.0. The molecule has 0 unspecified atom stereocenters. The third-order valence-electron chi connectivity index (χ3n) is 2.37. The predicted molar refractivity (Wildman–Crippen MR) is 64.5 cm³/mol. The molecule has 0 spiro atoms. The average Bonchev–Trinajstić information content (AvgIpc) is 2.35. The molecule has 4 heteroatoms. The lowest BCUT2D eigenvalue weighted by atomic mass is 10.1. The number of benzene rings is 1. The van der Waals surface area contributed by atoms with Crippen molar-refractivity contribution in [1.82, 2.24) is 4.90 Å². The highest BCUT2D eigenvalue weighted by molar-refractivity contribution is 6.17. The fraction of sp³-hybridized carbons (Fsp3) is 0.417. The standard InChI is InChI=1S/C12H16ClNO2/c1-3-14(12(15)16-2)9-11-6-4-10(8-13)5-7-11/h4-7H,3,8-9H2,1-2H3. The Morgan fingerprint density at radius 1 is 1.31 bits per heavy atom. The van der Waals surface area contributed by atoms with Crippen LogP contribution < -0.4 is 0 Å². The molecule has 1 amide bonds. The molecule has 0 aliphatic carbocycles. The first-order valence-electron chi connectivity index (χ1n) is 5.18. The van der Waals surface area contributed by atoms with Crippen molar-refractivity contribution < 1.29 is 9.53 Å². The van der Waals surface area contributed by atoms with Crippen molar-refractivity contribution in [3.8, 4) is 0 Å². The van der Waals surface area contributed by atoms with Crippen LogP contribution in [0.1, 0.15) is 18.1 Å². The number of halogens is 1. The van der Waals surface area contributed by atoms with Gasteiger partial charge in [0, 0.05) is 19.0 Å². The number of carbonyl (C=O) groups excluding carboxylic acids is 1. The molecule has 1 aromatic rings. The summed E-state index contributed by atoms with van der Waals surface area (Å²) >= 11 is 5.70. The Kier molecular flexibility index (Phi) is 5.12. The minimum atomic E-state index is -0.302. The van der Waals surface area contributed by atoms with Crippen LogP contribution in [-0.4, -0.2) is 24.6 Å². The average molecular weight is 242 g/mol. The Morgan fingerprint density at radius 2 is 1.88 bits per heavy atom. The summed E-state index contributed by atoms with van der Waals surface area (Å²) in [5.41, 5.74) is 2.15. The van der Waals surface area contributed by atoms with Gasteiger partial charge >= 0.3 is 6.09 Å². The second kappa shape index (κ2) is 6.38. The highest BCUT2D eigenvalue weighted by atomic mass is 35.5. The Balaban J connectivity index is 2.66. The van der Waals surface area contributed by atoms with Crippen LogP contribution in [0.2, 0.25) is 0 Å². The van der Waals surface area contributed by atoms with E-state index >= 15 is 0 Å². The Bertz CT molecular complexity index is 337. The SMILES string of the molecule is CCN(Cc1ccc(CCl)cc1)C(=O)OC. The van der Waals surface area contributed by atoms with Crippen molar-refractivity contribution in [3.05, 3.63) is 35.4 Å². The van der Waals surface area contributed by atoms with Gasteiger partial charge in [0.15, 0.2) is 0 Å². The van der Waals surface area contributed by atoms with Gasteiger partial charge in [-0.25, -0.2) is 4.79 Å². The predicted octanol–water partition coefficient (Wildman–Crippen LogP) is 3.01. The van der Waals surface area contributed by atoms with Crippen LogP contribution >= 0.6 is 11.6 Å². The van der Waals surface area contributed by atoms with Crippen LogP contribution in [0, 0.1) is 0 Å². The molecule has 0 heterocycles. The van der Waals surface area contributed by atoms with E-state index in [-0.39, 0.29) is 6.09 Å². The van der Waals surface area contributed by atoms with Crippen molar-refractivity contribution in [3.63, 3.8) is 0 Å². The first-order valence-corrected chi connectivity index (χ1v) is 5.71. The van der Waals surface area contributed by atoms with Crippen molar-refractivity contribution in [2.75, 3.05) is 13.7 Å². The van der Waals surface area contributed by atoms with Gasteiger partial charge in [-0.2, -0.15) is 0 Å². The largest absolute Gasteiger partial charge is 0.453 e. The summed E-state index contributed by atoms with van der Waals surface area (Å²) in [6.45, 7) is 3.11. The molecule has 0 aliphatic heterocycles. The van der Waals surface area contributed by atoms with Gasteiger partial charge in [-0.05, 0) is 18.1 Å². The van der Waals surface area contributed by atoms with Gasteiger partial charge in [-0.3, -0.25) is 0 Å². The number of nitrogens with zero attached hydrogens (tertiary/aromatic N) is 1. The lowest BCUT2D eigenvalue weighted by Crippen LogP contribution is -2.29. The zero-order valence-corrected chi connectivity index (χ0v) is 10.3. The number of hydrogen-bond acceptors (Lipinski definition) is 2. The number of ether oxygens (including phenoxy) is 1. The molecule has 1 rings (SSSR count). The number of rotatable bonds is 4. The summed E-state index contributed by atoms with van der Waals surface area (Å²) in [5, 5.41) is 0. The van der Waals surface area contributed by atoms with Crippen LogP contribution in [0.3, 0.4) is 0 Å². The quantitative estimate of drug-likeness (QED) is 0.759. The Hall–Kier alpha value is -1.22. The number of methoxy groups -OCH3 is 1. The molecule has 1 aromatic carbocycles. The van der Waals surface area contributed by atoms with E-state index in [1.165, 1.54) is 7.11 Å². The van der Waals surface area contributed by atoms with Gasteiger partial charge in [0.25, 0.3) is 0 Å². The Morgan fingerprint density at radius 3 is 2.31 bits per heavy atom. The van der Waals surface area contributed by atoms with E-state index < -0.39 is 0 Å². The van der Waals surface area contributed by atoms with E-state index in [1.807, 2.05) is 31.2 Å². The maximum absolute atomic E-state index is 11.4. The first-order chi connectivity index (χ1) is 7.71. The van der Waals surface area contributed by atoms with Gasteiger partial charge in [-0.1, -0.05) is 24.3 Å². The highest BCUT2D eigenvalue weighted by Crippen LogP contribution is 2.09. The van der Waals surface area contributed by atoms with Crippen LogP contribution in [0.5, 0.6) is 0 Å². The zero-order chi connectivity index (χ0) is 12.0. The van der Waals surface area contributed by atoms with Gasteiger partial charge in [0.05, 0.1) is 7.11 Å². The summed E-state index contributed by atoms with van der Waals surface area (Å²) in [6.07, 6.45) is -0.302. The molecule has 0 saturated carbocycles. The number of amides is 1. The highest BCUT2D eigenvalue weighted by Gasteiger charge is 2.11. The van der Waals surface area contributed by atoms with Crippen molar-refractivity contribution in [1.29, 1.82) is 0 Å². The summed E-state index contributed by atoms with van der Waals surface area (Å²) in [7, 11) is 1.39. The lowest BCUT2D eigenvalue weighted by Gasteiger charge is -2.19. The molecule has 0 bridgehead atoms. The molecule has 0 N–H and O–H groups in total. The molecule has 0 saturated heterocycles. The summed E-state index contributed by atoms with van der Waals surface area (Å²) in [5.74, 6) is 0.509. The fourth-order valence-electron chi connectivity index (χ4n) is 1.39. The maximum atomic E-state index is 11.4. The van der Waals surface area contributed by atoms with E-state index in [2.05, 4.69) is 4.74 Å². The molecule has 0 radical (unpaired) electrons. The van der Waals surface area contributed by atoms with Gasteiger partial charge in [0.2, 0.25) is 0 Å². The van der Waals surface area contributed by atoms with E-state index in [4.69, 9.17) is 11.6 Å². The van der Waals surface area contributed by atoms with Gasteiger partial charge < -0.3 is 9.64 Å². The molecule has 16 heavy (non-hydrogen) atoms. The van der Waals surface area contributed by atoms with Crippen LogP contribution in [0.15, 0.2) is 24.3 Å². The minimum absolute atomic E-state index is 0.302. The van der Waals surface area contributed by atoms with E-state index in [0.29, 0.717) is 19.0 Å². The van der Waals surface area contributed by atoms with Crippen LogP contribution in [0.25, 0.3) is 0 Å². The monoisotopic (exact) mass is 241 g/mol. The van der Waals surface area contributed by atoms with Crippen molar-refractivity contribution in [2.24, 2.45) is 0 Å². The molecule has 3 nitrogen and oxygen atoms in total. The smallest absolute Gasteiger partial charge is 0.409 e. The summed E-state index contributed by atoms with van der Waals surface area (Å²) < 4.78 is 4.69. The third-order valence-corrected chi connectivity index (χ3v) is 2.67. The topological polar surface area (TPSA) is 29.5 Å². The normalized spacial score (nSPS) is 9.94. The van der Waals surface area contributed by atoms with E-state index in [1.54, 1.807) is 4.90 Å². The number of alkyl halides is 1. The van der Waals surface area contributed by atoms with Crippen LogP contribution in [-0.2, 0) is 17.2 Å². The zero-order valence-electron chi connectivity index (χ0n) is 9.57. The van der Waals surface area contributed by atoms with Gasteiger partial charge in [-0.15, -0.1) is 11.6 Å². The molecule has 0 atom stereocenters. The number of hydrogen-bond donors (Lipinski definition) is 0.